The molecule has 24 heavy (non-hydrogen) atoms. The lowest BCUT2D eigenvalue weighted by Crippen LogP contribution is -2.28. The third kappa shape index (κ3) is 4.03. The summed E-state index contributed by atoms with van der Waals surface area (Å²) in [6, 6.07) is 10.2. The number of hydrogen-bond donors (Lipinski definition) is 0. The van der Waals surface area contributed by atoms with Gasteiger partial charge in [-0.15, -0.1) is 0 Å². The lowest BCUT2D eigenvalue weighted by atomic mass is 10.1. The summed E-state index contributed by atoms with van der Waals surface area (Å²) in [7, 11) is 0. The largest absolute Gasteiger partial charge is 0.462 e. The molecular formula is C19H21NO3S. The molecule has 1 amide bonds. The number of rotatable bonds is 6. The number of amides is 1. The van der Waals surface area contributed by atoms with E-state index in [4.69, 9.17) is 4.74 Å². The topological polar surface area (TPSA) is 46.6 Å². The van der Waals surface area contributed by atoms with Gasteiger partial charge in [0.05, 0.1) is 12.2 Å². The van der Waals surface area contributed by atoms with E-state index in [1.807, 2.05) is 40.8 Å². The first-order valence-corrected chi connectivity index (χ1v) is 9.09. The number of carbonyl (C=O) groups is 2. The van der Waals surface area contributed by atoms with Crippen LogP contribution in [0.2, 0.25) is 0 Å². The SMILES string of the molecule is Cc1cscc1C(=O)OC[C@@H]1CC(=O)N(CCc2ccccc2)C1. The van der Waals surface area contributed by atoms with Gasteiger partial charge in [0.2, 0.25) is 5.91 Å². The molecule has 1 saturated heterocycles. The van der Waals surface area contributed by atoms with Crippen molar-refractivity contribution in [1.29, 1.82) is 0 Å². The molecule has 0 unspecified atom stereocenters. The molecule has 0 aliphatic carbocycles. The molecule has 0 bridgehead atoms. The number of likely N-dealkylation sites (tertiary alicyclic amines) is 1. The molecule has 0 spiro atoms. The molecular weight excluding hydrogens is 322 g/mol. The summed E-state index contributed by atoms with van der Waals surface area (Å²) in [6.07, 6.45) is 1.32. The monoisotopic (exact) mass is 343 g/mol. The van der Waals surface area contributed by atoms with Crippen molar-refractivity contribution in [2.24, 2.45) is 5.92 Å². The van der Waals surface area contributed by atoms with Crippen LogP contribution in [0.3, 0.4) is 0 Å². The molecule has 1 aromatic heterocycles. The molecule has 1 aliphatic heterocycles. The Hall–Kier alpha value is -2.14. The number of carbonyl (C=O) groups excluding carboxylic acids is 2. The molecule has 2 heterocycles. The molecule has 3 rings (SSSR count). The Kier molecular flexibility index (Phi) is 5.30. The van der Waals surface area contributed by atoms with E-state index in [0.29, 0.717) is 25.1 Å². The second kappa shape index (κ2) is 7.62. The first-order chi connectivity index (χ1) is 11.6. The van der Waals surface area contributed by atoms with Crippen molar-refractivity contribution in [3.8, 4) is 0 Å². The molecule has 1 aromatic carbocycles. The van der Waals surface area contributed by atoms with Crippen LogP contribution >= 0.6 is 11.3 Å². The van der Waals surface area contributed by atoms with E-state index in [1.54, 1.807) is 0 Å². The van der Waals surface area contributed by atoms with Crippen LogP contribution in [0, 0.1) is 12.8 Å². The molecule has 1 fully saturated rings. The standard InChI is InChI=1S/C19H21NO3S/c1-14-12-24-13-17(14)19(22)23-11-16-9-18(21)20(10-16)8-7-15-5-3-2-4-6-15/h2-6,12-13,16H,7-11H2,1H3/t16-/m1/s1. The highest BCUT2D eigenvalue weighted by Gasteiger charge is 2.30. The van der Waals surface area contributed by atoms with Gasteiger partial charge in [0.15, 0.2) is 0 Å². The minimum atomic E-state index is -0.288. The highest BCUT2D eigenvalue weighted by atomic mass is 32.1. The highest BCUT2D eigenvalue weighted by molar-refractivity contribution is 7.08. The predicted octanol–water partition coefficient (Wildman–Crippen LogP) is 3.30. The summed E-state index contributed by atoms with van der Waals surface area (Å²) in [4.78, 5) is 26.0. The molecule has 126 valence electrons. The van der Waals surface area contributed by atoms with Gasteiger partial charge in [0.1, 0.15) is 0 Å². The van der Waals surface area contributed by atoms with E-state index in [1.165, 1.54) is 16.9 Å². The Morgan fingerprint density at radius 1 is 1.29 bits per heavy atom. The van der Waals surface area contributed by atoms with Gasteiger partial charge < -0.3 is 9.64 Å². The van der Waals surface area contributed by atoms with Crippen molar-refractivity contribution in [3.05, 3.63) is 57.8 Å². The molecule has 2 aromatic rings. The Bertz CT molecular complexity index is 710. The average molecular weight is 343 g/mol. The van der Waals surface area contributed by atoms with Crippen LogP contribution in [-0.4, -0.2) is 36.5 Å². The first-order valence-electron chi connectivity index (χ1n) is 8.15. The van der Waals surface area contributed by atoms with E-state index in [0.717, 1.165) is 18.5 Å². The van der Waals surface area contributed by atoms with Crippen molar-refractivity contribution >= 4 is 23.2 Å². The van der Waals surface area contributed by atoms with Crippen LogP contribution < -0.4 is 0 Å². The van der Waals surface area contributed by atoms with Crippen LogP contribution in [0.5, 0.6) is 0 Å². The summed E-state index contributed by atoms with van der Waals surface area (Å²) in [5.74, 6) is -0.0428. The minimum Gasteiger partial charge on any atom is -0.462 e. The van der Waals surface area contributed by atoms with Gasteiger partial charge in [-0.25, -0.2) is 4.79 Å². The van der Waals surface area contributed by atoms with Crippen molar-refractivity contribution < 1.29 is 14.3 Å². The lowest BCUT2D eigenvalue weighted by Gasteiger charge is -2.16. The van der Waals surface area contributed by atoms with Crippen molar-refractivity contribution in [1.82, 2.24) is 4.90 Å². The Labute approximate surface area is 146 Å². The fraction of sp³-hybridized carbons (Fsp3) is 0.368. The van der Waals surface area contributed by atoms with Crippen molar-refractivity contribution in [2.75, 3.05) is 19.7 Å². The minimum absolute atomic E-state index is 0.0937. The summed E-state index contributed by atoms with van der Waals surface area (Å²) in [5.41, 5.74) is 2.80. The van der Waals surface area contributed by atoms with Crippen LogP contribution in [0.25, 0.3) is 0 Å². The number of aryl methyl sites for hydroxylation is 1. The van der Waals surface area contributed by atoms with Gasteiger partial charge in [-0.1, -0.05) is 30.3 Å². The highest BCUT2D eigenvalue weighted by Crippen LogP contribution is 2.20. The number of benzene rings is 1. The predicted molar refractivity (Wildman–Crippen MR) is 94.2 cm³/mol. The smallest absolute Gasteiger partial charge is 0.339 e. The van der Waals surface area contributed by atoms with Gasteiger partial charge >= 0.3 is 5.97 Å². The molecule has 4 nitrogen and oxygen atoms in total. The average Bonchev–Trinajstić information content (AvgIpc) is 3.17. The normalized spacial score (nSPS) is 17.3. The molecule has 0 N–H and O–H groups in total. The summed E-state index contributed by atoms with van der Waals surface area (Å²) < 4.78 is 5.40. The lowest BCUT2D eigenvalue weighted by molar-refractivity contribution is -0.127. The fourth-order valence-electron chi connectivity index (χ4n) is 2.93. The molecule has 1 aliphatic rings. The third-order valence-electron chi connectivity index (χ3n) is 4.33. The second-order valence-electron chi connectivity index (χ2n) is 6.21. The van der Waals surface area contributed by atoms with Gasteiger partial charge in [-0.2, -0.15) is 11.3 Å². The van der Waals surface area contributed by atoms with Gasteiger partial charge in [-0.3, -0.25) is 4.79 Å². The zero-order valence-electron chi connectivity index (χ0n) is 13.7. The zero-order valence-corrected chi connectivity index (χ0v) is 14.6. The van der Waals surface area contributed by atoms with Crippen molar-refractivity contribution in [2.45, 2.75) is 19.8 Å². The van der Waals surface area contributed by atoms with Crippen LogP contribution in [0.4, 0.5) is 0 Å². The maximum atomic E-state index is 12.1. The molecule has 0 saturated carbocycles. The second-order valence-corrected chi connectivity index (χ2v) is 6.96. The number of esters is 1. The quantitative estimate of drug-likeness (QED) is 0.756. The van der Waals surface area contributed by atoms with E-state index >= 15 is 0 Å². The van der Waals surface area contributed by atoms with Gasteiger partial charge in [0.25, 0.3) is 0 Å². The Morgan fingerprint density at radius 2 is 2.08 bits per heavy atom. The van der Waals surface area contributed by atoms with Crippen LogP contribution in [-0.2, 0) is 16.0 Å². The van der Waals surface area contributed by atoms with E-state index in [9.17, 15) is 9.59 Å². The van der Waals surface area contributed by atoms with Gasteiger partial charge in [-0.05, 0) is 29.9 Å². The summed E-state index contributed by atoms with van der Waals surface area (Å²) in [6.45, 7) is 3.59. The van der Waals surface area contributed by atoms with Crippen LogP contribution in [0.1, 0.15) is 27.9 Å². The van der Waals surface area contributed by atoms with E-state index < -0.39 is 0 Å². The maximum Gasteiger partial charge on any atom is 0.339 e. The van der Waals surface area contributed by atoms with Crippen LogP contribution in [0.15, 0.2) is 41.1 Å². The van der Waals surface area contributed by atoms with E-state index in [-0.39, 0.29) is 17.8 Å². The molecule has 5 heteroatoms. The number of nitrogens with zero attached hydrogens (tertiary/aromatic N) is 1. The summed E-state index contributed by atoms with van der Waals surface area (Å²) in [5, 5.41) is 3.74. The summed E-state index contributed by atoms with van der Waals surface area (Å²) >= 11 is 1.49. The number of ether oxygens (including phenoxy) is 1. The fourth-order valence-corrected chi connectivity index (χ4v) is 3.75. The van der Waals surface area contributed by atoms with Crippen molar-refractivity contribution in [3.63, 3.8) is 0 Å². The van der Waals surface area contributed by atoms with Gasteiger partial charge in [0, 0.05) is 30.8 Å². The Balaban J connectivity index is 1.46. The number of hydrogen-bond acceptors (Lipinski definition) is 4. The molecule has 1 atom stereocenters. The first kappa shape index (κ1) is 16.7. The number of thiophene rings is 1. The zero-order chi connectivity index (χ0) is 16.9. The Morgan fingerprint density at radius 3 is 2.79 bits per heavy atom. The maximum absolute atomic E-state index is 12.1. The van der Waals surface area contributed by atoms with E-state index in [2.05, 4.69) is 12.1 Å². The molecule has 0 radical (unpaired) electrons. The third-order valence-corrected chi connectivity index (χ3v) is 5.19.